The number of anilines is 1. The normalized spacial score (nSPS) is 15.0. The molecule has 110 valence electrons. The summed E-state index contributed by atoms with van der Waals surface area (Å²) in [6.07, 6.45) is 1.60. The first-order valence-corrected chi connectivity index (χ1v) is 6.62. The van der Waals surface area contributed by atoms with Crippen molar-refractivity contribution in [1.82, 2.24) is 9.88 Å². The summed E-state index contributed by atoms with van der Waals surface area (Å²) in [5.41, 5.74) is 1.48. The van der Waals surface area contributed by atoms with E-state index in [0.29, 0.717) is 49.9 Å². The number of nitrogens with zero attached hydrogens (tertiary/aromatic N) is 1. The number of amides is 2. The molecule has 2 heterocycles. The Labute approximate surface area is 117 Å². The van der Waals surface area contributed by atoms with E-state index in [1.165, 1.54) is 0 Å². The molecule has 1 aliphatic heterocycles. The van der Waals surface area contributed by atoms with Crippen molar-refractivity contribution in [3.8, 4) is 0 Å². The fourth-order valence-corrected chi connectivity index (χ4v) is 2.05. The van der Waals surface area contributed by atoms with Crippen molar-refractivity contribution in [2.45, 2.75) is 13.8 Å². The average Bonchev–Trinajstić information content (AvgIpc) is 2.81. The van der Waals surface area contributed by atoms with Crippen LogP contribution in [0.2, 0.25) is 0 Å². The number of hydrogen-bond acceptors (Lipinski definition) is 4. The maximum atomic E-state index is 12.1. The Morgan fingerprint density at radius 2 is 2.15 bits per heavy atom. The molecule has 0 radical (unpaired) electrons. The summed E-state index contributed by atoms with van der Waals surface area (Å²) in [7, 11) is 0. The maximum Gasteiger partial charge on any atom is 0.342 e. The van der Waals surface area contributed by atoms with Crippen molar-refractivity contribution in [3.05, 3.63) is 17.5 Å². The average molecular weight is 281 g/mol. The van der Waals surface area contributed by atoms with Crippen molar-refractivity contribution >= 4 is 17.7 Å². The molecule has 2 N–H and O–H groups in total. The van der Waals surface area contributed by atoms with E-state index in [4.69, 9.17) is 9.47 Å². The number of rotatable bonds is 3. The van der Waals surface area contributed by atoms with Crippen molar-refractivity contribution in [2.24, 2.45) is 0 Å². The standard InChI is InChI=1S/C13H19N3O4/c1-3-20-12(17)11-9(2)14-8-10(11)15-13(18)16-4-6-19-7-5-16/h8,14H,3-7H2,1-2H3,(H,15,18). The number of morpholine rings is 1. The highest BCUT2D eigenvalue weighted by molar-refractivity contribution is 6.01. The van der Waals surface area contributed by atoms with Crippen molar-refractivity contribution < 1.29 is 19.1 Å². The second-order valence-corrected chi connectivity index (χ2v) is 4.45. The monoisotopic (exact) mass is 281 g/mol. The van der Waals surface area contributed by atoms with E-state index in [1.54, 1.807) is 24.9 Å². The number of carbonyl (C=O) groups is 2. The minimum Gasteiger partial charge on any atom is -0.462 e. The molecule has 1 aromatic heterocycles. The molecule has 0 aliphatic carbocycles. The van der Waals surface area contributed by atoms with Crippen LogP contribution in [0.1, 0.15) is 23.0 Å². The van der Waals surface area contributed by atoms with Crippen LogP contribution < -0.4 is 5.32 Å². The maximum absolute atomic E-state index is 12.1. The number of aromatic nitrogens is 1. The van der Waals surface area contributed by atoms with Crippen molar-refractivity contribution in [3.63, 3.8) is 0 Å². The van der Waals surface area contributed by atoms with E-state index in [0.717, 1.165) is 0 Å². The van der Waals surface area contributed by atoms with Gasteiger partial charge in [0.2, 0.25) is 0 Å². The summed E-state index contributed by atoms with van der Waals surface area (Å²) in [5.74, 6) is -0.441. The van der Waals surface area contributed by atoms with Crippen LogP contribution in [0.3, 0.4) is 0 Å². The van der Waals surface area contributed by atoms with E-state index in [-0.39, 0.29) is 6.03 Å². The van der Waals surface area contributed by atoms with Crippen molar-refractivity contribution in [2.75, 3.05) is 38.2 Å². The van der Waals surface area contributed by atoms with Crippen LogP contribution in [0.25, 0.3) is 0 Å². The molecule has 7 heteroatoms. The lowest BCUT2D eigenvalue weighted by Crippen LogP contribution is -2.43. The van der Waals surface area contributed by atoms with Gasteiger partial charge < -0.3 is 24.7 Å². The quantitative estimate of drug-likeness (QED) is 0.819. The number of aromatic amines is 1. The van der Waals surface area contributed by atoms with Gasteiger partial charge in [0.1, 0.15) is 5.56 Å². The molecule has 1 saturated heterocycles. The van der Waals surface area contributed by atoms with Crippen LogP contribution >= 0.6 is 0 Å². The van der Waals surface area contributed by atoms with Gasteiger partial charge in [-0.1, -0.05) is 0 Å². The number of H-pyrrole nitrogens is 1. The molecule has 2 rings (SSSR count). The van der Waals surface area contributed by atoms with Gasteiger partial charge in [-0.2, -0.15) is 0 Å². The summed E-state index contributed by atoms with van der Waals surface area (Å²) in [6, 6.07) is -0.238. The third-order valence-corrected chi connectivity index (χ3v) is 3.10. The second-order valence-electron chi connectivity index (χ2n) is 4.45. The van der Waals surface area contributed by atoms with Gasteiger partial charge in [0, 0.05) is 25.0 Å². The van der Waals surface area contributed by atoms with E-state index in [1.807, 2.05) is 0 Å². The molecule has 1 fully saturated rings. The van der Waals surface area contributed by atoms with Crippen LogP contribution in [-0.2, 0) is 9.47 Å². The zero-order chi connectivity index (χ0) is 14.5. The first-order valence-electron chi connectivity index (χ1n) is 6.62. The minimum atomic E-state index is -0.441. The molecule has 1 aromatic rings. The van der Waals surface area contributed by atoms with E-state index in [2.05, 4.69) is 10.3 Å². The lowest BCUT2D eigenvalue weighted by atomic mass is 10.2. The topological polar surface area (TPSA) is 83.7 Å². The number of hydrogen-bond donors (Lipinski definition) is 2. The first kappa shape index (κ1) is 14.4. The summed E-state index contributed by atoms with van der Waals surface area (Å²) >= 11 is 0. The van der Waals surface area contributed by atoms with Gasteiger partial charge in [0.05, 0.1) is 25.5 Å². The highest BCUT2D eigenvalue weighted by Crippen LogP contribution is 2.21. The van der Waals surface area contributed by atoms with Gasteiger partial charge in [-0.25, -0.2) is 9.59 Å². The van der Waals surface area contributed by atoms with Gasteiger partial charge in [-0.3, -0.25) is 0 Å². The van der Waals surface area contributed by atoms with E-state index < -0.39 is 5.97 Å². The molecule has 20 heavy (non-hydrogen) atoms. The predicted molar refractivity (Wildman–Crippen MR) is 72.9 cm³/mol. The molecule has 7 nitrogen and oxygen atoms in total. The molecule has 0 atom stereocenters. The molecule has 0 unspecified atom stereocenters. The molecular formula is C13H19N3O4. The van der Waals surface area contributed by atoms with Gasteiger partial charge >= 0.3 is 12.0 Å². The van der Waals surface area contributed by atoms with Crippen LogP contribution in [0.5, 0.6) is 0 Å². The largest absolute Gasteiger partial charge is 0.462 e. The molecule has 0 saturated carbocycles. The van der Waals surface area contributed by atoms with Crippen LogP contribution in [0.4, 0.5) is 10.5 Å². The van der Waals surface area contributed by atoms with E-state index >= 15 is 0 Å². The third kappa shape index (κ3) is 3.11. The first-order chi connectivity index (χ1) is 9.63. The van der Waals surface area contributed by atoms with Gasteiger partial charge in [-0.15, -0.1) is 0 Å². The number of esters is 1. The van der Waals surface area contributed by atoms with Crippen LogP contribution in [0.15, 0.2) is 6.20 Å². The number of nitrogens with one attached hydrogen (secondary N) is 2. The summed E-state index contributed by atoms with van der Waals surface area (Å²) in [4.78, 5) is 28.6. The molecule has 0 aromatic carbocycles. The Kier molecular flexibility index (Phi) is 4.62. The Bertz CT molecular complexity index is 492. The van der Waals surface area contributed by atoms with Gasteiger partial charge in [0.25, 0.3) is 0 Å². The lowest BCUT2D eigenvalue weighted by Gasteiger charge is -2.26. The Morgan fingerprint density at radius 3 is 2.80 bits per heavy atom. The number of ether oxygens (including phenoxy) is 2. The lowest BCUT2D eigenvalue weighted by molar-refractivity contribution is 0.0526. The SMILES string of the molecule is CCOC(=O)c1c(NC(=O)N2CCOCC2)c[nH]c1C. The molecule has 2 amide bonds. The Hall–Kier alpha value is -2.02. The highest BCUT2D eigenvalue weighted by Gasteiger charge is 2.22. The van der Waals surface area contributed by atoms with E-state index in [9.17, 15) is 9.59 Å². The summed E-state index contributed by atoms with van der Waals surface area (Å²) in [5, 5.41) is 2.74. The smallest absolute Gasteiger partial charge is 0.342 e. The van der Waals surface area contributed by atoms with Crippen molar-refractivity contribution in [1.29, 1.82) is 0 Å². The Morgan fingerprint density at radius 1 is 1.45 bits per heavy atom. The second kappa shape index (κ2) is 6.42. The van der Waals surface area contributed by atoms with Gasteiger partial charge in [0.15, 0.2) is 0 Å². The third-order valence-electron chi connectivity index (χ3n) is 3.10. The number of aryl methyl sites for hydroxylation is 1. The number of urea groups is 1. The highest BCUT2D eigenvalue weighted by atomic mass is 16.5. The number of carbonyl (C=O) groups excluding carboxylic acids is 2. The zero-order valence-electron chi connectivity index (χ0n) is 11.7. The minimum absolute atomic E-state index is 0.238. The molecule has 0 bridgehead atoms. The fraction of sp³-hybridized carbons (Fsp3) is 0.538. The summed E-state index contributed by atoms with van der Waals surface area (Å²) in [6.45, 7) is 5.95. The zero-order valence-corrected chi connectivity index (χ0v) is 11.7. The van der Waals surface area contributed by atoms with Crippen LogP contribution in [0, 0.1) is 6.92 Å². The van der Waals surface area contributed by atoms with Gasteiger partial charge in [-0.05, 0) is 13.8 Å². The predicted octanol–water partition coefficient (Wildman–Crippen LogP) is 1.36. The molecule has 0 spiro atoms. The Balaban J connectivity index is 2.09. The van der Waals surface area contributed by atoms with Crippen LogP contribution in [-0.4, -0.2) is 54.8 Å². The fourth-order valence-electron chi connectivity index (χ4n) is 2.05. The molecular weight excluding hydrogens is 262 g/mol. The molecule has 1 aliphatic rings. The summed E-state index contributed by atoms with van der Waals surface area (Å²) < 4.78 is 10.2.